The van der Waals surface area contributed by atoms with Crippen LogP contribution >= 0.6 is 11.8 Å². The van der Waals surface area contributed by atoms with Crippen molar-refractivity contribution in [3.05, 3.63) is 41.9 Å². The van der Waals surface area contributed by atoms with Crippen molar-refractivity contribution in [2.45, 2.75) is 25.0 Å². The summed E-state index contributed by atoms with van der Waals surface area (Å²) in [5.74, 6) is 0.704. The van der Waals surface area contributed by atoms with Crippen molar-refractivity contribution in [1.82, 2.24) is 29.1 Å². The van der Waals surface area contributed by atoms with Crippen molar-refractivity contribution in [3.63, 3.8) is 0 Å². The minimum atomic E-state index is 0.647. The normalized spacial score (nSPS) is 11.5. The molecule has 1 N–H and O–H groups in total. The monoisotopic (exact) mass is 353 g/mol. The summed E-state index contributed by atoms with van der Waals surface area (Å²) in [6, 6.07) is 6.29. The molecular weight excluding hydrogens is 334 g/mol. The fourth-order valence-corrected chi connectivity index (χ4v) is 3.19. The number of hydrogen-bond donors (Lipinski definition) is 1. The van der Waals surface area contributed by atoms with Crippen molar-refractivity contribution < 1.29 is 0 Å². The highest BCUT2D eigenvalue weighted by Crippen LogP contribution is 2.19. The third kappa shape index (κ3) is 2.82. The van der Waals surface area contributed by atoms with E-state index < -0.39 is 0 Å². The van der Waals surface area contributed by atoms with Crippen LogP contribution in [0.15, 0.2) is 35.9 Å². The maximum absolute atomic E-state index is 4.58. The minimum absolute atomic E-state index is 0.647. The van der Waals surface area contributed by atoms with E-state index in [1.54, 1.807) is 4.52 Å². The lowest BCUT2D eigenvalue weighted by molar-refractivity contribution is 0.830. The highest BCUT2D eigenvalue weighted by Gasteiger charge is 2.12. The molecule has 0 aliphatic heterocycles. The molecule has 0 bridgehead atoms. The topological polar surface area (TPSA) is 72.9 Å². The molecule has 4 rings (SSSR count). The number of anilines is 1. The number of nitrogens with one attached hydrogen (secondary N) is 1. The summed E-state index contributed by atoms with van der Waals surface area (Å²) in [6.45, 7) is 2.75. The predicted molar refractivity (Wildman–Crippen MR) is 100.0 cm³/mol. The molecule has 3 aromatic heterocycles. The SMILES string of the molecule is CCc1cnn2c(NCc3ccc4c(c3)ncn4C)nc(SC)nc12. The largest absolute Gasteiger partial charge is 0.350 e. The third-order valence-corrected chi connectivity index (χ3v) is 4.77. The lowest BCUT2D eigenvalue weighted by atomic mass is 10.2. The van der Waals surface area contributed by atoms with Gasteiger partial charge in [-0.2, -0.15) is 14.6 Å². The molecule has 0 fully saturated rings. The first-order chi connectivity index (χ1) is 12.2. The van der Waals surface area contributed by atoms with E-state index in [1.165, 1.54) is 11.8 Å². The van der Waals surface area contributed by atoms with Gasteiger partial charge in [-0.3, -0.25) is 0 Å². The lowest BCUT2D eigenvalue weighted by Crippen LogP contribution is -2.09. The van der Waals surface area contributed by atoms with Crippen LogP contribution < -0.4 is 5.32 Å². The van der Waals surface area contributed by atoms with Gasteiger partial charge in [0.1, 0.15) is 0 Å². The van der Waals surface area contributed by atoms with Crippen LogP contribution in [0.1, 0.15) is 18.1 Å². The zero-order valence-electron chi connectivity index (χ0n) is 14.4. The van der Waals surface area contributed by atoms with Gasteiger partial charge in [-0.25, -0.2) is 9.97 Å². The van der Waals surface area contributed by atoms with Gasteiger partial charge in [-0.05, 0) is 30.4 Å². The quantitative estimate of drug-likeness (QED) is 0.556. The molecule has 0 aliphatic rings. The van der Waals surface area contributed by atoms with E-state index in [-0.39, 0.29) is 0 Å². The predicted octanol–water partition coefficient (Wildman–Crippen LogP) is 2.91. The summed E-state index contributed by atoms with van der Waals surface area (Å²) in [4.78, 5) is 13.6. The molecule has 0 amide bonds. The van der Waals surface area contributed by atoms with E-state index in [9.17, 15) is 0 Å². The summed E-state index contributed by atoms with van der Waals surface area (Å²) in [7, 11) is 2.00. The van der Waals surface area contributed by atoms with Crippen molar-refractivity contribution >= 4 is 34.4 Å². The van der Waals surface area contributed by atoms with E-state index in [0.717, 1.165) is 39.4 Å². The second-order valence-electron chi connectivity index (χ2n) is 5.82. The summed E-state index contributed by atoms with van der Waals surface area (Å²) in [5, 5.41) is 8.56. The van der Waals surface area contributed by atoms with Gasteiger partial charge in [0.25, 0.3) is 0 Å². The molecule has 0 atom stereocenters. The molecule has 7 nitrogen and oxygen atoms in total. The highest BCUT2D eigenvalue weighted by atomic mass is 32.2. The van der Waals surface area contributed by atoms with Gasteiger partial charge < -0.3 is 9.88 Å². The third-order valence-electron chi connectivity index (χ3n) is 4.22. The number of hydrogen-bond acceptors (Lipinski definition) is 6. The number of thioether (sulfide) groups is 1. The number of nitrogens with zero attached hydrogens (tertiary/aromatic N) is 6. The van der Waals surface area contributed by atoms with E-state index in [1.807, 2.05) is 30.4 Å². The number of benzene rings is 1. The fraction of sp³-hybridized carbons (Fsp3) is 0.294. The van der Waals surface area contributed by atoms with Crippen molar-refractivity contribution in [1.29, 1.82) is 0 Å². The van der Waals surface area contributed by atoms with E-state index in [2.05, 4.69) is 50.5 Å². The van der Waals surface area contributed by atoms with Gasteiger partial charge in [-0.15, -0.1) is 0 Å². The Balaban J connectivity index is 1.66. The van der Waals surface area contributed by atoms with Crippen LogP contribution in [0, 0.1) is 0 Å². The Bertz CT molecular complexity index is 1050. The van der Waals surface area contributed by atoms with Gasteiger partial charge in [0, 0.05) is 19.2 Å². The van der Waals surface area contributed by atoms with Crippen LogP contribution in [0.25, 0.3) is 16.7 Å². The van der Waals surface area contributed by atoms with Gasteiger partial charge in [-0.1, -0.05) is 24.8 Å². The van der Waals surface area contributed by atoms with E-state index >= 15 is 0 Å². The van der Waals surface area contributed by atoms with Crippen molar-refractivity contribution in [2.24, 2.45) is 7.05 Å². The standard InChI is InChI=1S/C17H19N7S/c1-4-12-9-20-24-15(12)21-17(25-3)22-16(24)18-8-11-5-6-14-13(7-11)19-10-23(14)2/h5-7,9-10H,4,8H2,1-3H3,(H,18,21,22). The Morgan fingerprint density at radius 2 is 2.12 bits per heavy atom. The van der Waals surface area contributed by atoms with Crippen molar-refractivity contribution in [3.8, 4) is 0 Å². The Morgan fingerprint density at radius 3 is 2.92 bits per heavy atom. The second-order valence-corrected chi connectivity index (χ2v) is 6.60. The second kappa shape index (κ2) is 6.36. The molecule has 4 aromatic rings. The summed E-state index contributed by atoms with van der Waals surface area (Å²) < 4.78 is 3.79. The maximum atomic E-state index is 4.58. The lowest BCUT2D eigenvalue weighted by Gasteiger charge is -2.09. The smallest absolute Gasteiger partial charge is 0.228 e. The van der Waals surface area contributed by atoms with E-state index in [0.29, 0.717) is 12.5 Å². The Morgan fingerprint density at radius 1 is 1.24 bits per heavy atom. The molecular formula is C17H19N7S. The average molecular weight is 353 g/mol. The van der Waals surface area contributed by atoms with Gasteiger partial charge in [0.2, 0.25) is 5.95 Å². The van der Waals surface area contributed by atoms with Crippen LogP contribution in [0.4, 0.5) is 5.95 Å². The van der Waals surface area contributed by atoms with Crippen LogP contribution in [0.5, 0.6) is 0 Å². The average Bonchev–Trinajstić information content (AvgIpc) is 3.22. The molecule has 128 valence electrons. The van der Waals surface area contributed by atoms with E-state index in [4.69, 9.17) is 0 Å². The molecule has 0 spiro atoms. The molecule has 25 heavy (non-hydrogen) atoms. The van der Waals surface area contributed by atoms with Gasteiger partial charge in [0.15, 0.2) is 10.8 Å². The Labute approximate surface area is 149 Å². The molecule has 1 aromatic carbocycles. The molecule has 0 saturated heterocycles. The molecule has 0 aliphatic carbocycles. The number of imidazole rings is 1. The molecule has 0 unspecified atom stereocenters. The summed E-state index contributed by atoms with van der Waals surface area (Å²) in [6.07, 6.45) is 6.56. The Hall–Kier alpha value is -2.61. The zero-order chi connectivity index (χ0) is 17.4. The van der Waals surface area contributed by atoms with Crippen molar-refractivity contribution in [2.75, 3.05) is 11.6 Å². The number of aryl methyl sites for hydroxylation is 2. The minimum Gasteiger partial charge on any atom is -0.350 e. The van der Waals surface area contributed by atoms with Crippen LogP contribution in [-0.4, -0.2) is 35.4 Å². The molecule has 8 heteroatoms. The molecule has 0 saturated carbocycles. The first kappa shape index (κ1) is 15.9. The number of rotatable bonds is 5. The highest BCUT2D eigenvalue weighted by molar-refractivity contribution is 7.98. The van der Waals surface area contributed by atoms with Gasteiger partial charge in [0.05, 0.1) is 23.6 Å². The van der Waals surface area contributed by atoms with Gasteiger partial charge >= 0.3 is 0 Å². The maximum Gasteiger partial charge on any atom is 0.228 e. The van der Waals surface area contributed by atoms with Crippen LogP contribution in [0.2, 0.25) is 0 Å². The first-order valence-corrected chi connectivity index (χ1v) is 9.34. The molecule has 3 heterocycles. The summed E-state index contributed by atoms with van der Waals surface area (Å²) in [5.41, 5.74) is 5.25. The number of fused-ring (bicyclic) bond motifs is 2. The Kier molecular flexibility index (Phi) is 4.04. The summed E-state index contributed by atoms with van der Waals surface area (Å²) >= 11 is 1.53. The first-order valence-electron chi connectivity index (χ1n) is 8.12. The van der Waals surface area contributed by atoms with Crippen LogP contribution in [-0.2, 0) is 20.0 Å². The fourth-order valence-electron chi connectivity index (χ4n) is 2.83. The molecule has 0 radical (unpaired) electrons. The van der Waals surface area contributed by atoms with Crippen LogP contribution in [0.3, 0.4) is 0 Å². The zero-order valence-corrected chi connectivity index (χ0v) is 15.2. The number of aromatic nitrogens is 6.